The van der Waals surface area contributed by atoms with E-state index in [2.05, 4.69) is 12.2 Å². The van der Waals surface area contributed by atoms with E-state index in [0.29, 0.717) is 12.6 Å². The number of anilines is 1. The maximum atomic E-state index is 5.92. The maximum absolute atomic E-state index is 5.92. The van der Waals surface area contributed by atoms with Crippen LogP contribution in [0.15, 0.2) is 24.3 Å². The predicted octanol–water partition coefficient (Wildman–Crippen LogP) is 3.22. The Bertz CT molecular complexity index is 307. The Hall–Kier alpha value is -0.380. The van der Waals surface area contributed by atoms with Crippen LogP contribution in [0.25, 0.3) is 0 Å². The third kappa shape index (κ3) is 5.10. The number of benzene rings is 1. The molecule has 0 saturated carbocycles. The fourth-order valence-corrected chi connectivity index (χ4v) is 2.36. The molecule has 0 spiro atoms. The summed E-state index contributed by atoms with van der Waals surface area (Å²) in [5.41, 5.74) is 6.78. The van der Waals surface area contributed by atoms with Gasteiger partial charge in [0.2, 0.25) is 0 Å². The van der Waals surface area contributed by atoms with E-state index in [1.807, 2.05) is 36.0 Å². The third-order valence-electron chi connectivity index (χ3n) is 2.29. The lowest BCUT2D eigenvalue weighted by molar-refractivity contribution is 0.709. The minimum absolute atomic E-state index is 0.331. The smallest absolute Gasteiger partial charge is 0.0426 e. The standard InChI is InChI=1S/C12H19ClN2S/c1-2-16-7-6-12(9-14)15-11-5-3-4-10(13)8-11/h3-5,8,12,15H,2,6-7,9,14H2,1H3. The van der Waals surface area contributed by atoms with Crippen LogP contribution in [0, 0.1) is 0 Å². The molecule has 16 heavy (non-hydrogen) atoms. The minimum Gasteiger partial charge on any atom is -0.381 e. The van der Waals surface area contributed by atoms with Gasteiger partial charge in [-0.15, -0.1) is 0 Å². The molecule has 1 aromatic rings. The van der Waals surface area contributed by atoms with Crippen molar-refractivity contribution in [3.05, 3.63) is 29.3 Å². The van der Waals surface area contributed by atoms with Crippen LogP contribution in [0.1, 0.15) is 13.3 Å². The Morgan fingerprint density at radius 3 is 2.94 bits per heavy atom. The zero-order valence-corrected chi connectivity index (χ0v) is 11.2. The van der Waals surface area contributed by atoms with Crippen molar-refractivity contribution >= 4 is 29.1 Å². The number of halogens is 1. The van der Waals surface area contributed by atoms with Gasteiger partial charge in [-0.3, -0.25) is 0 Å². The summed E-state index contributed by atoms with van der Waals surface area (Å²) in [5.74, 6) is 2.31. The van der Waals surface area contributed by atoms with Gasteiger partial charge in [0.05, 0.1) is 0 Å². The number of nitrogens with one attached hydrogen (secondary N) is 1. The van der Waals surface area contributed by atoms with Gasteiger partial charge in [-0.2, -0.15) is 11.8 Å². The first-order chi connectivity index (χ1) is 7.76. The first-order valence-electron chi connectivity index (χ1n) is 5.56. The summed E-state index contributed by atoms with van der Waals surface area (Å²) >= 11 is 7.87. The highest BCUT2D eigenvalue weighted by Gasteiger charge is 2.06. The maximum Gasteiger partial charge on any atom is 0.0426 e. The molecule has 4 heteroatoms. The Morgan fingerprint density at radius 1 is 1.50 bits per heavy atom. The molecule has 0 fully saturated rings. The summed E-state index contributed by atoms with van der Waals surface area (Å²) in [5, 5.41) is 4.16. The van der Waals surface area contributed by atoms with E-state index in [9.17, 15) is 0 Å². The lowest BCUT2D eigenvalue weighted by Crippen LogP contribution is -2.29. The van der Waals surface area contributed by atoms with Crippen molar-refractivity contribution in [3.8, 4) is 0 Å². The number of hydrogen-bond acceptors (Lipinski definition) is 3. The molecule has 0 aliphatic heterocycles. The molecule has 1 atom stereocenters. The van der Waals surface area contributed by atoms with Crippen molar-refractivity contribution in [2.75, 3.05) is 23.4 Å². The van der Waals surface area contributed by atoms with E-state index in [-0.39, 0.29) is 0 Å². The summed E-state index contributed by atoms with van der Waals surface area (Å²) < 4.78 is 0. The highest BCUT2D eigenvalue weighted by molar-refractivity contribution is 7.99. The van der Waals surface area contributed by atoms with Crippen molar-refractivity contribution in [3.63, 3.8) is 0 Å². The summed E-state index contributed by atoms with van der Waals surface area (Å²) in [6.07, 6.45) is 1.08. The van der Waals surface area contributed by atoms with Gasteiger partial charge < -0.3 is 11.1 Å². The zero-order valence-electron chi connectivity index (χ0n) is 9.58. The average molecular weight is 259 g/mol. The molecule has 3 N–H and O–H groups in total. The molecule has 0 saturated heterocycles. The molecule has 0 amide bonds. The Morgan fingerprint density at radius 2 is 2.31 bits per heavy atom. The van der Waals surface area contributed by atoms with E-state index < -0.39 is 0 Å². The fraction of sp³-hybridized carbons (Fsp3) is 0.500. The molecule has 0 aliphatic rings. The van der Waals surface area contributed by atoms with Gasteiger partial charge in [0, 0.05) is 23.3 Å². The number of thioether (sulfide) groups is 1. The second-order valence-corrected chi connectivity index (χ2v) is 5.40. The van der Waals surface area contributed by atoms with E-state index in [4.69, 9.17) is 17.3 Å². The number of hydrogen-bond donors (Lipinski definition) is 2. The SMILES string of the molecule is CCSCCC(CN)Nc1cccc(Cl)c1. The number of rotatable bonds is 7. The zero-order chi connectivity index (χ0) is 11.8. The van der Waals surface area contributed by atoms with Crippen molar-refractivity contribution in [1.82, 2.24) is 0 Å². The van der Waals surface area contributed by atoms with Crippen molar-refractivity contribution in [2.24, 2.45) is 5.73 Å². The molecule has 0 aliphatic carbocycles. The van der Waals surface area contributed by atoms with Crippen LogP contribution in [0.2, 0.25) is 5.02 Å². The second-order valence-electron chi connectivity index (χ2n) is 3.57. The van der Waals surface area contributed by atoms with Crippen molar-refractivity contribution in [2.45, 2.75) is 19.4 Å². The first-order valence-corrected chi connectivity index (χ1v) is 7.09. The predicted molar refractivity (Wildman–Crippen MR) is 75.5 cm³/mol. The van der Waals surface area contributed by atoms with Crippen LogP contribution in [0.4, 0.5) is 5.69 Å². The van der Waals surface area contributed by atoms with E-state index in [1.54, 1.807) is 0 Å². The van der Waals surface area contributed by atoms with Crippen molar-refractivity contribution in [1.29, 1.82) is 0 Å². The lowest BCUT2D eigenvalue weighted by atomic mass is 10.2. The minimum atomic E-state index is 0.331. The quantitative estimate of drug-likeness (QED) is 0.738. The van der Waals surface area contributed by atoms with Gasteiger partial charge in [-0.1, -0.05) is 24.6 Å². The second kappa shape index (κ2) is 7.82. The van der Waals surface area contributed by atoms with Crippen LogP contribution >= 0.6 is 23.4 Å². The van der Waals surface area contributed by atoms with Crippen LogP contribution in [0.5, 0.6) is 0 Å². The van der Waals surface area contributed by atoms with Crippen molar-refractivity contribution < 1.29 is 0 Å². The molecule has 90 valence electrons. The molecular formula is C12H19ClN2S. The lowest BCUT2D eigenvalue weighted by Gasteiger charge is -2.17. The molecule has 2 nitrogen and oxygen atoms in total. The summed E-state index contributed by atoms with van der Waals surface area (Å²) in [6, 6.07) is 8.09. The summed E-state index contributed by atoms with van der Waals surface area (Å²) in [6.45, 7) is 2.82. The molecule has 1 unspecified atom stereocenters. The Kier molecular flexibility index (Phi) is 6.69. The average Bonchev–Trinajstić information content (AvgIpc) is 2.28. The molecular weight excluding hydrogens is 240 g/mol. The summed E-state index contributed by atoms with van der Waals surface area (Å²) in [4.78, 5) is 0. The summed E-state index contributed by atoms with van der Waals surface area (Å²) in [7, 11) is 0. The third-order valence-corrected chi connectivity index (χ3v) is 3.46. The number of nitrogens with two attached hydrogens (primary N) is 1. The van der Waals surface area contributed by atoms with Crippen LogP contribution in [-0.2, 0) is 0 Å². The van der Waals surface area contributed by atoms with Gasteiger partial charge in [0.25, 0.3) is 0 Å². The molecule has 1 rings (SSSR count). The van der Waals surface area contributed by atoms with Crippen LogP contribution < -0.4 is 11.1 Å². The molecule has 0 heterocycles. The fourth-order valence-electron chi connectivity index (χ4n) is 1.43. The van der Waals surface area contributed by atoms with Gasteiger partial charge in [0.1, 0.15) is 0 Å². The largest absolute Gasteiger partial charge is 0.381 e. The van der Waals surface area contributed by atoms with E-state index >= 15 is 0 Å². The molecule has 1 aromatic carbocycles. The highest BCUT2D eigenvalue weighted by Crippen LogP contribution is 2.16. The topological polar surface area (TPSA) is 38.0 Å². The van der Waals surface area contributed by atoms with Crippen LogP contribution in [-0.4, -0.2) is 24.1 Å². The normalized spacial score (nSPS) is 12.4. The van der Waals surface area contributed by atoms with Crippen LogP contribution in [0.3, 0.4) is 0 Å². The van der Waals surface area contributed by atoms with Gasteiger partial charge >= 0.3 is 0 Å². The molecule has 0 radical (unpaired) electrons. The molecule has 0 bridgehead atoms. The Labute approximate surface area is 107 Å². The highest BCUT2D eigenvalue weighted by atomic mass is 35.5. The first kappa shape index (κ1) is 13.7. The Balaban J connectivity index is 2.43. The van der Waals surface area contributed by atoms with Gasteiger partial charge in [-0.05, 0) is 36.1 Å². The monoisotopic (exact) mass is 258 g/mol. The van der Waals surface area contributed by atoms with E-state index in [1.165, 1.54) is 0 Å². The molecule has 0 aromatic heterocycles. The van der Waals surface area contributed by atoms with E-state index in [0.717, 1.165) is 28.6 Å². The van der Waals surface area contributed by atoms with Gasteiger partial charge in [-0.25, -0.2) is 0 Å². The van der Waals surface area contributed by atoms with Gasteiger partial charge in [0.15, 0.2) is 0 Å².